The first-order valence-electron chi connectivity index (χ1n) is 7.23. The lowest BCUT2D eigenvalue weighted by molar-refractivity contribution is 0.0691. The molecule has 120 valence electrons. The fraction of sp³-hybridized carbons (Fsp3) is 0.235. The van der Waals surface area contributed by atoms with Gasteiger partial charge in [0.2, 0.25) is 0 Å². The Labute approximate surface area is 131 Å². The predicted octanol–water partition coefficient (Wildman–Crippen LogP) is 1.19. The number of hydrogen-bond acceptors (Lipinski definition) is 3. The Hall–Kier alpha value is -2.76. The molecule has 0 aliphatic carbocycles. The van der Waals surface area contributed by atoms with E-state index < -0.39 is 11.8 Å². The number of benzene rings is 1. The molecule has 2 N–H and O–H groups in total. The van der Waals surface area contributed by atoms with Gasteiger partial charge in [0.15, 0.2) is 0 Å². The minimum Gasteiger partial charge on any atom is -0.478 e. The van der Waals surface area contributed by atoms with Gasteiger partial charge in [-0.25, -0.2) is 14.3 Å². The number of halogens is 1. The zero-order valence-electron chi connectivity index (χ0n) is 12.9. The Balaban J connectivity index is 2.56. The molecule has 2 aromatic rings. The molecule has 1 aromatic heterocycles. The second kappa shape index (κ2) is 7.00. The molecule has 0 amide bonds. The van der Waals surface area contributed by atoms with E-state index in [4.69, 9.17) is 5.11 Å². The third-order valence-corrected chi connectivity index (χ3v) is 3.47. The van der Waals surface area contributed by atoms with Gasteiger partial charge in [-0.05, 0) is 31.0 Å². The summed E-state index contributed by atoms with van der Waals surface area (Å²) in [7, 11) is 0. The van der Waals surface area contributed by atoms with Crippen LogP contribution in [0.25, 0.3) is 12.2 Å². The molecule has 1 aromatic carbocycles. The average molecular weight is 316 g/mol. The maximum atomic E-state index is 13.5. The van der Waals surface area contributed by atoms with E-state index in [2.05, 4.69) is 10.2 Å². The van der Waals surface area contributed by atoms with Gasteiger partial charge in [0, 0.05) is 16.9 Å². The second-order valence-corrected chi connectivity index (χ2v) is 5.02. The minimum absolute atomic E-state index is 0.269. The molecule has 6 heteroatoms. The summed E-state index contributed by atoms with van der Waals surface area (Å²) in [4.78, 5) is 22.9. The molecule has 1 heterocycles. The maximum absolute atomic E-state index is 13.5. The smallest absolute Gasteiger partial charge is 0.338 e. The van der Waals surface area contributed by atoms with Crippen LogP contribution >= 0.6 is 0 Å². The Morgan fingerprint density at radius 3 is 2.74 bits per heavy atom. The molecule has 0 spiro atoms. The number of aromatic nitrogens is 2. The van der Waals surface area contributed by atoms with Crippen LogP contribution in [0.15, 0.2) is 23.0 Å². The minimum atomic E-state index is -1.32. The Bertz CT molecular complexity index is 916. The second-order valence-electron chi connectivity index (χ2n) is 5.02. The molecule has 0 fully saturated rings. The summed E-state index contributed by atoms with van der Waals surface area (Å²) in [5.41, 5.74) is 0.562. The number of rotatable bonds is 4. The highest BCUT2D eigenvalue weighted by Crippen LogP contribution is 2.12. The van der Waals surface area contributed by atoms with Gasteiger partial charge in [-0.3, -0.25) is 4.79 Å². The SMILES string of the molecule is CC=c1c(Cc2ccc(F)c(C(=O)O)c2)n[nH]c(=O)c1=CCC. The van der Waals surface area contributed by atoms with E-state index in [1.165, 1.54) is 12.1 Å². The number of hydrogen-bond donors (Lipinski definition) is 2. The van der Waals surface area contributed by atoms with Crippen LogP contribution in [0.3, 0.4) is 0 Å². The van der Waals surface area contributed by atoms with Crippen molar-refractivity contribution in [2.45, 2.75) is 26.7 Å². The van der Waals surface area contributed by atoms with E-state index in [0.717, 1.165) is 6.07 Å². The largest absolute Gasteiger partial charge is 0.478 e. The van der Waals surface area contributed by atoms with E-state index in [1.807, 2.05) is 13.0 Å². The summed E-state index contributed by atoms with van der Waals surface area (Å²) >= 11 is 0. The van der Waals surface area contributed by atoms with Crippen LogP contribution in [0.2, 0.25) is 0 Å². The van der Waals surface area contributed by atoms with Gasteiger partial charge in [-0.1, -0.05) is 25.1 Å². The van der Waals surface area contributed by atoms with Crippen LogP contribution in [0.1, 0.15) is 41.9 Å². The van der Waals surface area contributed by atoms with E-state index in [-0.39, 0.29) is 11.1 Å². The zero-order chi connectivity index (χ0) is 17.0. The highest BCUT2D eigenvalue weighted by molar-refractivity contribution is 5.88. The molecule has 23 heavy (non-hydrogen) atoms. The normalized spacial score (nSPS) is 12.7. The summed E-state index contributed by atoms with van der Waals surface area (Å²) in [5.74, 6) is -2.10. The molecule has 0 radical (unpaired) electrons. The maximum Gasteiger partial charge on any atom is 0.338 e. The number of carboxylic acids is 1. The molecular weight excluding hydrogens is 299 g/mol. The van der Waals surface area contributed by atoms with Gasteiger partial charge >= 0.3 is 5.97 Å². The molecule has 5 nitrogen and oxygen atoms in total. The molecule has 0 saturated carbocycles. The highest BCUT2D eigenvalue weighted by atomic mass is 19.1. The van der Waals surface area contributed by atoms with E-state index in [9.17, 15) is 14.0 Å². The molecule has 0 atom stereocenters. The van der Waals surface area contributed by atoms with Crippen molar-refractivity contribution in [3.05, 3.63) is 61.6 Å². The number of aromatic carboxylic acids is 1. The summed E-state index contributed by atoms with van der Waals surface area (Å²) in [5, 5.41) is 16.7. The number of H-pyrrole nitrogens is 1. The lowest BCUT2D eigenvalue weighted by Gasteiger charge is -2.05. The quantitative estimate of drug-likeness (QED) is 0.887. The molecule has 0 bridgehead atoms. The van der Waals surface area contributed by atoms with Crippen LogP contribution in [0.4, 0.5) is 4.39 Å². The Morgan fingerprint density at radius 2 is 2.13 bits per heavy atom. The van der Waals surface area contributed by atoms with Crippen LogP contribution in [-0.4, -0.2) is 21.3 Å². The molecule has 0 saturated heterocycles. The van der Waals surface area contributed by atoms with E-state index >= 15 is 0 Å². The highest BCUT2D eigenvalue weighted by Gasteiger charge is 2.12. The van der Waals surface area contributed by atoms with Gasteiger partial charge in [0.05, 0.1) is 11.3 Å². The summed E-state index contributed by atoms with van der Waals surface area (Å²) < 4.78 is 13.5. The predicted molar refractivity (Wildman–Crippen MR) is 85.2 cm³/mol. The first kappa shape index (κ1) is 16.6. The Morgan fingerprint density at radius 1 is 1.39 bits per heavy atom. The number of nitrogens with one attached hydrogen (secondary N) is 1. The monoisotopic (exact) mass is 316 g/mol. The molecule has 0 aliphatic rings. The van der Waals surface area contributed by atoms with E-state index in [0.29, 0.717) is 34.5 Å². The topological polar surface area (TPSA) is 83.0 Å². The number of nitrogens with zero attached hydrogens (tertiary/aromatic N) is 1. The standard InChI is InChI=1S/C17H17FN2O3/c1-3-5-12-11(4-2)15(19-20-16(12)21)9-10-6-7-14(18)13(8-10)17(22)23/h4-8H,3,9H2,1-2H3,(H,20,21)(H,22,23). The van der Waals surface area contributed by atoms with Crippen LogP contribution in [0, 0.1) is 5.82 Å². The molecule has 0 aliphatic heterocycles. The number of carboxylic acid groups (broad SMARTS) is 1. The van der Waals surface area contributed by atoms with Crippen LogP contribution in [-0.2, 0) is 6.42 Å². The van der Waals surface area contributed by atoms with Crippen molar-refractivity contribution in [1.82, 2.24) is 10.2 Å². The summed E-state index contributed by atoms with van der Waals surface area (Å²) in [6, 6.07) is 3.92. The van der Waals surface area contributed by atoms with Crippen molar-refractivity contribution >= 4 is 18.1 Å². The third kappa shape index (κ3) is 3.53. The average Bonchev–Trinajstić information content (AvgIpc) is 2.52. The lowest BCUT2D eigenvalue weighted by atomic mass is 10.0. The molecular formula is C17H17FN2O3. The van der Waals surface area contributed by atoms with Crippen LogP contribution < -0.4 is 16.0 Å². The number of aromatic amines is 1. The Kier molecular flexibility index (Phi) is 5.05. The van der Waals surface area contributed by atoms with Gasteiger partial charge in [0.1, 0.15) is 5.82 Å². The van der Waals surface area contributed by atoms with Crippen molar-refractivity contribution in [2.24, 2.45) is 0 Å². The summed E-state index contributed by atoms with van der Waals surface area (Å²) in [6.07, 6.45) is 4.60. The fourth-order valence-corrected chi connectivity index (χ4v) is 2.42. The molecule has 0 unspecified atom stereocenters. The van der Waals surface area contributed by atoms with Gasteiger partial charge in [-0.2, -0.15) is 5.10 Å². The first-order valence-corrected chi connectivity index (χ1v) is 7.23. The van der Waals surface area contributed by atoms with Crippen molar-refractivity contribution in [3.8, 4) is 0 Å². The third-order valence-electron chi connectivity index (χ3n) is 3.47. The lowest BCUT2D eigenvalue weighted by Crippen LogP contribution is -2.44. The van der Waals surface area contributed by atoms with Crippen molar-refractivity contribution in [1.29, 1.82) is 0 Å². The summed E-state index contributed by atoms with van der Waals surface area (Å²) in [6.45, 7) is 3.73. The van der Waals surface area contributed by atoms with Crippen molar-refractivity contribution < 1.29 is 14.3 Å². The zero-order valence-corrected chi connectivity index (χ0v) is 12.9. The first-order chi connectivity index (χ1) is 11.0. The van der Waals surface area contributed by atoms with Crippen LogP contribution in [0.5, 0.6) is 0 Å². The van der Waals surface area contributed by atoms with Crippen molar-refractivity contribution in [2.75, 3.05) is 0 Å². The van der Waals surface area contributed by atoms with E-state index in [1.54, 1.807) is 13.0 Å². The fourth-order valence-electron chi connectivity index (χ4n) is 2.42. The van der Waals surface area contributed by atoms with Gasteiger partial charge in [0.25, 0.3) is 5.56 Å². The molecule has 2 rings (SSSR count). The van der Waals surface area contributed by atoms with Gasteiger partial charge in [-0.15, -0.1) is 0 Å². The number of carbonyl (C=O) groups is 1. The van der Waals surface area contributed by atoms with Gasteiger partial charge < -0.3 is 5.11 Å². The van der Waals surface area contributed by atoms with Crippen molar-refractivity contribution in [3.63, 3.8) is 0 Å².